The third-order valence-electron chi connectivity index (χ3n) is 9.22. The molecule has 0 saturated carbocycles. The fraction of sp³-hybridized carbons (Fsp3) is 0. The van der Waals surface area contributed by atoms with Gasteiger partial charge in [-0.15, -0.1) is 0 Å². The molecule has 9 aromatic rings. The quantitative estimate of drug-likeness (QED) is 0.193. The van der Waals surface area contributed by atoms with Crippen LogP contribution in [0.5, 0.6) is 11.5 Å². The van der Waals surface area contributed by atoms with Crippen LogP contribution in [0.1, 0.15) is 0 Å². The molecule has 214 valence electrons. The fourth-order valence-electron chi connectivity index (χ4n) is 7.32. The molecule has 0 fully saturated rings. The zero-order chi connectivity index (χ0) is 30.2. The van der Waals surface area contributed by atoms with E-state index in [1.54, 1.807) is 0 Å². The highest BCUT2D eigenvalue weighted by Gasteiger charge is 2.28. The second-order valence-corrected chi connectivity index (χ2v) is 11.7. The Morgan fingerprint density at radius 3 is 1.91 bits per heavy atom. The van der Waals surface area contributed by atoms with E-state index in [0.717, 1.165) is 67.2 Å². The van der Waals surface area contributed by atoms with Crippen molar-refractivity contribution in [3.05, 3.63) is 152 Å². The van der Waals surface area contributed by atoms with E-state index in [-0.39, 0.29) is 0 Å². The van der Waals surface area contributed by atoms with Gasteiger partial charge in [0.15, 0.2) is 11.5 Å². The molecule has 4 nitrogen and oxygen atoms in total. The van der Waals surface area contributed by atoms with E-state index in [1.165, 1.54) is 27.1 Å². The Labute approximate surface area is 264 Å². The first-order chi connectivity index (χ1) is 22.8. The Morgan fingerprint density at radius 2 is 1.15 bits per heavy atom. The minimum Gasteiger partial charge on any atom is -0.452 e. The Bertz CT molecular complexity index is 2610. The largest absolute Gasteiger partial charge is 0.452 e. The standard InChI is InChI=1S/C42H25N3O/c1-2-12-27(13-3-1)42-44-34-22-10-24-36-40(34)45(42)35-23-9-21-33(41(35)46-36)38-30-18-6-4-16-28(30)37(29-17-5-7-19-31(29)38)32-20-8-14-26-15-11-25-43-39(26)32/h1-25H. The molecule has 1 aliphatic heterocycles. The monoisotopic (exact) mass is 587 g/mol. The zero-order valence-corrected chi connectivity index (χ0v) is 24.7. The normalized spacial score (nSPS) is 12.1. The number of benzene rings is 7. The maximum Gasteiger partial charge on any atom is 0.159 e. The number of hydrogen-bond donors (Lipinski definition) is 0. The first-order valence-corrected chi connectivity index (χ1v) is 15.5. The van der Waals surface area contributed by atoms with Gasteiger partial charge in [-0.1, -0.05) is 121 Å². The van der Waals surface area contributed by atoms with Gasteiger partial charge in [0.05, 0.1) is 16.7 Å². The molecule has 46 heavy (non-hydrogen) atoms. The minimum atomic E-state index is 0.805. The van der Waals surface area contributed by atoms with Crippen molar-refractivity contribution in [1.82, 2.24) is 14.5 Å². The van der Waals surface area contributed by atoms with E-state index in [1.807, 2.05) is 30.5 Å². The van der Waals surface area contributed by atoms with Crippen LogP contribution in [-0.4, -0.2) is 14.5 Å². The smallest absolute Gasteiger partial charge is 0.159 e. The van der Waals surface area contributed by atoms with Gasteiger partial charge >= 0.3 is 0 Å². The SMILES string of the molecule is c1ccc(-c2nc3cccc4c3n2-c2cccc(-c3c5ccccc5c(-c5cccc6cccnc56)c5ccccc35)c2O4)cc1. The van der Waals surface area contributed by atoms with Crippen molar-refractivity contribution in [2.75, 3.05) is 0 Å². The van der Waals surface area contributed by atoms with E-state index < -0.39 is 0 Å². The molecule has 0 amide bonds. The van der Waals surface area contributed by atoms with Crippen LogP contribution in [0.4, 0.5) is 0 Å². The van der Waals surface area contributed by atoms with Crippen LogP contribution in [0.3, 0.4) is 0 Å². The molecule has 1 aliphatic rings. The highest BCUT2D eigenvalue weighted by Crippen LogP contribution is 2.51. The van der Waals surface area contributed by atoms with Crippen LogP contribution < -0.4 is 4.74 Å². The summed E-state index contributed by atoms with van der Waals surface area (Å²) in [4.78, 5) is 9.95. The number of ether oxygens (including phenoxy) is 1. The summed E-state index contributed by atoms with van der Waals surface area (Å²) in [5.74, 6) is 2.53. The first kappa shape index (κ1) is 25.1. The average molecular weight is 588 g/mol. The number of imidazole rings is 1. The average Bonchev–Trinajstić information content (AvgIpc) is 3.52. The van der Waals surface area contributed by atoms with E-state index in [0.29, 0.717) is 0 Å². The predicted octanol–water partition coefficient (Wildman–Crippen LogP) is 11.0. The molecule has 0 atom stereocenters. The second kappa shape index (κ2) is 9.62. The van der Waals surface area contributed by atoms with Gasteiger partial charge < -0.3 is 4.74 Å². The van der Waals surface area contributed by atoms with E-state index in [2.05, 4.69) is 126 Å². The number of rotatable bonds is 3. The van der Waals surface area contributed by atoms with E-state index in [4.69, 9.17) is 14.7 Å². The molecule has 0 unspecified atom stereocenters. The van der Waals surface area contributed by atoms with Crippen molar-refractivity contribution in [1.29, 1.82) is 0 Å². The summed E-state index contributed by atoms with van der Waals surface area (Å²) >= 11 is 0. The second-order valence-electron chi connectivity index (χ2n) is 11.7. The van der Waals surface area contributed by atoms with Crippen LogP contribution in [0.25, 0.3) is 82.8 Å². The highest BCUT2D eigenvalue weighted by atomic mass is 16.5. The highest BCUT2D eigenvalue weighted by molar-refractivity contribution is 6.23. The summed E-state index contributed by atoms with van der Waals surface area (Å²) in [7, 11) is 0. The van der Waals surface area contributed by atoms with Gasteiger partial charge in [-0.2, -0.15) is 0 Å². The van der Waals surface area contributed by atoms with Crippen molar-refractivity contribution in [2.24, 2.45) is 0 Å². The summed E-state index contributed by atoms with van der Waals surface area (Å²) in [5.41, 5.74) is 9.46. The van der Waals surface area contributed by atoms with Gasteiger partial charge in [-0.05, 0) is 51.4 Å². The van der Waals surface area contributed by atoms with Crippen LogP contribution in [0.15, 0.2) is 152 Å². The topological polar surface area (TPSA) is 39.9 Å². The summed E-state index contributed by atoms with van der Waals surface area (Å²) in [5, 5.41) is 5.82. The molecular weight excluding hydrogens is 562 g/mol. The molecule has 7 aromatic carbocycles. The molecule has 0 saturated heterocycles. The summed E-state index contributed by atoms with van der Waals surface area (Å²) in [6, 6.07) is 51.0. The van der Waals surface area contributed by atoms with Gasteiger partial charge in [0.25, 0.3) is 0 Å². The van der Waals surface area contributed by atoms with Crippen molar-refractivity contribution >= 4 is 43.5 Å². The van der Waals surface area contributed by atoms with Gasteiger partial charge in [-0.25, -0.2) is 4.98 Å². The molecule has 10 rings (SSSR count). The lowest BCUT2D eigenvalue weighted by atomic mass is 9.85. The van der Waals surface area contributed by atoms with E-state index in [9.17, 15) is 0 Å². The van der Waals surface area contributed by atoms with Gasteiger partial charge in [0, 0.05) is 33.8 Å². The van der Waals surface area contributed by atoms with Crippen LogP contribution in [-0.2, 0) is 0 Å². The molecule has 3 heterocycles. The van der Waals surface area contributed by atoms with Gasteiger partial charge in [0.2, 0.25) is 0 Å². The number of para-hydroxylation sites is 3. The molecule has 0 N–H and O–H groups in total. The van der Waals surface area contributed by atoms with Crippen molar-refractivity contribution in [2.45, 2.75) is 0 Å². The summed E-state index contributed by atoms with van der Waals surface area (Å²) in [6.45, 7) is 0. The fourth-order valence-corrected chi connectivity index (χ4v) is 7.32. The Kier molecular flexibility index (Phi) is 5.25. The third kappa shape index (κ3) is 3.49. The molecule has 0 spiro atoms. The first-order valence-electron chi connectivity index (χ1n) is 15.5. The summed E-state index contributed by atoms with van der Waals surface area (Å²) in [6.07, 6.45) is 1.88. The van der Waals surface area contributed by atoms with Crippen molar-refractivity contribution < 1.29 is 4.74 Å². The maximum atomic E-state index is 6.88. The Morgan fingerprint density at radius 1 is 0.522 bits per heavy atom. The molecule has 0 aliphatic carbocycles. The summed E-state index contributed by atoms with van der Waals surface area (Å²) < 4.78 is 9.15. The number of aromatic nitrogens is 3. The number of nitrogens with zero attached hydrogens (tertiary/aromatic N) is 3. The lowest BCUT2D eigenvalue weighted by Gasteiger charge is -2.25. The maximum absolute atomic E-state index is 6.88. The van der Waals surface area contributed by atoms with Crippen LogP contribution >= 0.6 is 0 Å². The molecule has 0 radical (unpaired) electrons. The third-order valence-corrected chi connectivity index (χ3v) is 9.22. The van der Waals surface area contributed by atoms with Crippen LogP contribution in [0.2, 0.25) is 0 Å². The minimum absolute atomic E-state index is 0.805. The number of pyridine rings is 1. The van der Waals surface area contributed by atoms with Crippen molar-refractivity contribution in [3.8, 4) is 50.8 Å². The van der Waals surface area contributed by atoms with E-state index >= 15 is 0 Å². The molecule has 0 bridgehead atoms. The molecule has 2 aromatic heterocycles. The lowest BCUT2D eigenvalue weighted by Crippen LogP contribution is -2.07. The van der Waals surface area contributed by atoms with Gasteiger partial charge in [0.1, 0.15) is 11.3 Å². The van der Waals surface area contributed by atoms with Crippen LogP contribution in [0, 0.1) is 0 Å². The lowest BCUT2D eigenvalue weighted by molar-refractivity contribution is 0.478. The predicted molar refractivity (Wildman–Crippen MR) is 188 cm³/mol. The molecular formula is C42H25N3O. The van der Waals surface area contributed by atoms with Gasteiger partial charge in [-0.3, -0.25) is 9.55 Å². The Hall–Kier alpha value is -6.26. The number of hydrogen-bond acceptors (Lipinski definition) is 3. The van der Waals surface area contributed by atoms with Crippen molar-refractivity contribution in [3.63, 3.8) is 0 Å². The number of fused-ring (bicyclic) bond motifs is 5. The Balaban J connectivity index is 1.31. The zero-order valence-electron chi connectivity index (χ0n) is 24.7. The molecule has 4 heteroatoms.